The number of hydrogen-bond donors (Lipinski definition) is 2. The van der Waals surface area contributed by atoms with E-state index in [1.54, 1.807) is 7.05 Å². The number of fused-ring (bicyclic) bond motifs is 1. The summed E-state index contributed by atoms with van der Waals surface area (Å²) in [5.74, 6) is 0.430. The Balaban J connectivity index is 2.35. The number of halogens is 1. The van der Waals surface area contributed by atoms with Gasteiger partial charge in [0.05, 0.1) is 6.54 Å². The van der Waals surface area contributed by atoms with Crippen molar-refractivity contribution in [1.82, 2.24) is 15.5 Å². The second-order valence-electron chi connectivity index (χ2n) is 3.41. The highest BCUT2D eigenvalue weighted by molar-refractivity contribution is 6.34. The normalized spacial score (nSPS) is 10.2. The monoisotopic (exact) mass is 250 g/mol. The lowest BCUT2D eigenvalue weighted by molar-refractivity contribution is -0.118. The average Bonchev–Trinajstić information content (AvgIpc) is 2.38. The van der Waals surface area contributed by atoms with E-state index in [0.717, 1.165) is 10.8 Å². The highest BCUT2D eigenvalue weighted by Gasteiger charge is 2.07. The third kappa shape index (κ3) is 2.45. The van der Waals surface area contributed by atoms with Crippen LogP contribution in [0.15, 0.2) is 24.3 Å². The van der Waals surface area contributed by atoms with Crippen LogP contribution in [0.3, 0.4) is 0 Å². The molecule has 0 aliphatic rings. The van der Waals surface area contributed by atoms with Crippen LogP contribution in [-0.4, -0.2) is 29.7 Å². The smallest absolute Gasteiger partial charge is 0.239 e. The number of hydrogen-bond acceptors (Lipinski definition) is 4. The second-order valence-corrected chi connectivity index (χ2v) is 3.77. The molecule has 5 nitrogen and oxygen atoms in total. The van der Waals surface area contributed by atoms with Gasteiger partial charge in [0, 0.05) is 17.8 Å². The standard InChI is InChI=1S/C11H11ClN4O/c1-13-9(17)6-14-11-8-5-3-2-4-7(8)10(12)15-16-11/h2-5H,6H2,1H3,(H,13,17)(H,14,16). The Kier molecular flexibility index (Phi) is 3.39. The predicted octanol–water partition coefficient (Wildman–Crippen LogP) is 1.44. The van der Waals surface area contributed by atoms with Gasteiger partial charge in [-0.15, -0.1) is 10.2 Å². The number of rotatable bonds is 3. The van der Waals surface area contributed by atoms with Crippen LogP contribution >= 0.6 is 11.6 Å². The van der Waals surface area contributed by atoms with Gasteiger partial charge in [-0.25, -0.2) is 0 Å². The van der Waals surface area contributed by atoms with Gasteiger partial charge in [-0.05, 0) is 0 Å². The SMILES string of the molecule is CNC(=O)CNc1nnc(Cl)c2ccccc12. The zero-order valence-electron chi connectivity index (χ0n) is 9.20. The van der Waals surface area contributed by atoms with E-state index in [-0.39, 0.29) is 12.5 Å². The molecule has 0 saturated heterocycles. The minimum Gasteiger partial charge on any atom is -0.359 e. The first kappa shape index (κ1) is 11.6. The van der Waals surface area contributed by atoms with Gasteiger partial charge in [-0.3, -0.25) is 4.79 Å². The van der Waals surface area contributed by atoms with Crippen LogP contribution in [0.4, 0.5) is 5.82 Å². The van der Waals surface area contributed by atoms with Crippen molar-refractivity contribution >= 4 is 34.1 Å². The summed E-state index contributed by atoms with van der Waals surface area (Å²) in [7, 11) is 1.58. The third-order valence-corrected chi connectivity index (χ3v) is 2.62. The Bertz CT molecular complexity index is 558. The van der Waals surface area contributed by atoms with E-state index in [9.17, 15) is 4.79 Å². The zero-order valence-corrected chi connectivity index (χ0v) is 9.95. The highest BCUT2D eigenvalue weighted by atomic mass is 35.5. The van der Waals surface area contributed by atoms with E-state index in [1.165, 1.54) is 0 Å². The number of anilines is 1. The molecule has 1 amide bonds. The van der Waals surface area contributed by atoms with E-state index in [1.807, 2.05) is 24.3 Å². The van der Waals surface area contributed by atoms with E-state index >= 15 is 0 Å². The summed E-state index contributed by atoms with van der Waals surface area (Å²) in [5.41, 5.74) is 0. The number of nitrogens with zero attached hydrogens (tertiary/aromatic N) is 2. The van der Waals surface area contributed by atoms with Gasteiger partial charge in [0.2, 0.25) is 5.91 Å². The minimum atomic E-state index is -0.120. The Hall–Kier alpha value is -1.88. The molecule has 2 N–H and O–H groups in total. The molecule has 2 aromatic rings. The van der Waals surface area contributed by atoms with Crippen molar-refractivity contribution in [2.45, 2.75) is 0 Å². The van der Waals surface area contributed by atoms with Gasteiger partial charge in [0.1, 0.15) is 0 Å². The molecule has 1 aromatic carbocycles. The molecule has 88 valence electrons. The van der Waals surface area contributed by atoms with E-state index in [0.29, 0.717) is 11.0 Å². The number of carbonyl (C=O) groups excluding carboxylic acids is 1. The fourth-order valence-electron chi connectivity index (χ4n) is 1.45. The molecule has 1 heterocycles. The molecule has 17 heavy (non-hydrogen) atoms. The molecule has 0 radical (unpaired) electrons. The first-order valence-electron chi connectivity index (χ1n) is 5.07. The molecule has 0 spiro atoms. The summed E-state index contributed by atoms with van der Waals surface area (Å²) in [6.07, 6.45) is 0. The van der Waals surface area contributed by atoms with Crippen LogP contribution in [-0.2, 0) is 4.79 Å². The van der Waals surface area contributed by atoms with Crippen molar-refractivity contribution in [3.05, 3.63) is 29.4 Å². The molecule has 0 atom stereocenters. The molecular formula is C11H11ClN4O. The van der Waals surface area contributed by atoms with Crippen molar-refractivity contribution < 1.29 is 4.79 Å². The van der Waals surface area contributed by atoms with E-state index < -0.39 is 0 Å². The number of likely N-dealkylation sites (N-methyl/N-ethyl adjacent to an activating group) is 1. The first-order chi connectivity index (χ1) is 8.22. The molecule has 1 aromatic heterocycles. The van der Waals surface area contributed by atoms with Crippen LogP contribution in [0.2, 0.25) is 5.15 Å². The van der Waals surface area contributed by atoms with Crippen LogP contribution in [0.25, 0.3) is 10.8 Å². The Morgan fingerprint density at radius 3 is 2.71 bits per heavy atom. The highest BCUT2D eigenvalue weighted by Crippen LogP contribution is 2.25. The van der Waals surface area contributed by atoms with Crippen molar-refractivity contribution in [3.63, 3.8) is 0 Å². The lowest BCUT2D eigenvalue weighted by Crippen LogP contribution is -2.26. The number of amides is 1. The van der Waals surface area contributed by atoms with Crippen LogP contribution < -0.4 is 10.6 Å². The van der Waals surface area contributed by atoms with Crippen LogP contribution in [0.1, 0.15) is 0 Å². The van der Waals surface area contributed by atoms with Crippen molar-refractivity contribution in [2.24, 2.45) is 0 Å². The summed E-state index contributed by atoms with van der Waals surface area (Å²) in [5, 5.41) is 15.2. The summed E-state index contributed by atoms with van der Waals surface area (Å²) in [6, 6.07) is 7.49. The molecule has 0 fully saturated rings. The van der Waals surface area contributed by atoms with Crippen molar-refractivity contribution in [1.29, 1.82) is 0 Å². The maximum Gasteiger partial charge on any atom is 0.239 e. The van der Waals surface area contributed by atoms with Crippen LogP contribution in [0.5, 0.6) is 0 Å². The summed E-state index contributed by atoms with van der Waals surface area (Å²) in [4.78, 5) is 11.1. The van der Waals surface area contributed by atoms with Gasteiger partial charge in [-0.2, -0.15) is 0 Å². The number of carbonyl (C=O) groups is 1. The van der Waals surface area contributed by atoms with Crippen molar-refractivity contribution in [3.8, 4) is 0 Å². The predicted molar refractivity (Wildman–Crippen MR) is 67.1 cm³/mol. The molecule has 0 saturated carbocycles. The van der Waals surface area contributed by atoms with Gasteiger partial charge in [0.15, 0.2) is 11.0 Å². The summed E-state index contributed by atoms with van der Waals surface area (Å²) < 4.78 is 0. The fraction of sp³-hybridized carbons (Fsp3) is 0.182. The Morgan fingerprint density at radius 2 is 2.00 bits per heavy atom. The number of benzene rings is 1. The lowest BCUT2D eigenvalue weighted by atomic mass is 10.2. The molecule has 0 bridgehead atoms. The summed E-state index contributed by atoms with van der Waals surface area (Å²) in [6.45, 7) is 0.150. The van der Waals surface area contributed by atoms with E-state index in [4.69, 9.17) is 11.6 Å². The lowest BCUT2D eigenvalue weighted by Gasteiger charge is -2.07. The molecular weight excluding hydrogens is 240 g/mol. The molecule has 6 heteroatoms. The maximum atomic E-state index is 11.1. The fourth-order valence-corrected chi connectivity index (χ4v) is 1.66. The quantitative estimate of drug-likeness (QED) is 0.865. The molecule has 0 aliphatic carbocycles. The van der Waals surface area contributed by atoms with Gasteiger partial charge >= 0.3 is 0 Å². The third-order valence-electron chi connectivity index (χ3n) is 2.34. The maximum absolute atomic E-state index is 11.1. The molecule has 0 aliphatic heterocycles. The topological polar surface area (TPSA) is 66.9 Å². The second kappa shape index (κ2) is 4.97. The van der Waals surface area contributed by atoms with Gasteiger partial charge in [0.25, 0.3) is 0 Å². The minimum absolute atomic E-state index is 0.120. The van der Waals surface area contributed by atoms with Gasteiger partial charge < -0.3 is 10.6 Å². The molecule has 0 unspecified atom stereocenters. The average molecular weight is 251 g/mol. The zero-order chi connectivity index (χ0) is 12.3. The number of nitrogens with one attached hydrogen (secondary N) is 2. The summed E-state index contributed by atoms with van der Waals surface area (Å²) >= 11 is 5.94. The number of aromatic nitrogens is 2. The Labute approximate surface area is 103 Å². The van der Waals surface area contributed by atoms with E-state index in [2.05, 4.69) is 20.8 Å². The van der Waals surface area contributed by atoms with Crippen molar-refractivity contribution in [2.75, 3.05) is 18.9 Å². The van der Waals surface area contributed by atoms with Gasteiger partial charge in [-0.1, -0.05) is 35.9 Å². The van der Waals surface area contributed by atoms with Crippen LogP contribution in [0, 0.1) is 0 Å². The first-order valence-corrected chi connectivity index (χ1v) is 5.45. The largest absolute Gasteiger partial charge is 0.359 e. The molecule has 2 rings (SSSR count). The Morgan fingerprint density at radius 1 is 1.29 bits per heavy atom.